The highest BCUT2D eigenvalue weighted by molar-refractivity contribution is 5.65. The van der Waals surface area contributed by atoms with Gasteiger partial charge in [0.15, 0.2) is 0 Å². The standard InChI is InChI=1S/C17H19F/c1-3-4-7-14-12-15(11-10-13(14)2)16-8-5-6-9-17(16)18/h5-6,8-12H,3-4,7H2,1-2H3. The number of halogens is 1. The van der Waals surface area contributed by atoms with Crippen molar-refractivity contribution in [3.8, 4) is 11.1 Å². The van der Waals surface area contributed by atoms with Gasteiger partial charge in [-0.25, -0.2) is 4.39 Å². The lowest BCUT2D eigenvalue weighted by Crippen LogP contribution is -1.92. The van der Waals surface area contributed by atoms with Crippen LogP contribution in [0.5, 0.6) is 0 Å². The van der Waals surface area contributed by atoms with Crippen molar-refractivity contribution in [2.45, 2.75) is 33.1 Å². The Bertz CT molecular complexity index is 529. The fraction of sp³-hybridized carbons (Fsp3) is 0.294. The second-order valence-corrected chi connectivity index (χ2v) is 4.72. The summed E-state index contributed by atoms with van der Waals surface area (Å²) in [5.74, 6) is -0.150. The van der Waals surface area contributed by atoms with E-state index in [4.69, 9.17) is 0 Å². The third-order valence-electron chi connectivity index (χ3n) is 3.33. The fourth-order valence-electron chi connectivity index (χ4n) is 2.17. The van der Waals surface area contributed by atoms with E-state index in [1.807, 2.05) is 18.2 Å². The van der Waals surface area contributed by atoms with Gasteiger partial charge >= 0.3 is 0 Å². The molecule has 0 fully saturated rings. The average molecular weight is 242 g/mol. The summed E-state index contributed by atoms with van der Waals surface area (Å²) in [7, 11) is 0. The first-order valence-corrected chi connectivity index (χ1v) is 6.57. The van der Waals surface area contributed by atoms with Crippen LogP contribution in [0.1, 0.15) is 30.9 Å². The van der Waals surface area contributed by atoms with Crippen molar-refractivity contribution >= 4 is 0 Å². The molecule has 18 heavy (non-hydrogen) atoms. The van der Waals surface area contributed by atoms with Gasteiger partial charge in [-0.3, -0.25) is 0 Å². The van der Waals surface area contributed by atoms with Gasteiger partial charge in [-0.1, -0.05) is 49.7 Å². The lowest BCUT2D eigenvalue weighted by atomic mass is 9.96. The summed E-state index contributed by atoms with van der Waals surface area (Å²) in [5.41, 5.74) is 4.29. The molecule has 0 saturated heterocycles. The Labute approximate surface area is 108 Å². The lowest BCUT2D eigenvalue weighted by molar-refractivity contribution is 0.631. The Hall–Kier alpha value is -1.63. The van der Waals surface area contributed by atoms with Crippen LogP contribution in [0.2, 0.25) is 0 Å². The molecule has 0 N–H and O–H groups in total. The SMILES string of the molecule is CCCCc1cc(-c2ccccc2F)ccc1C. The minimum absolute atomic E-state index is 0.150. The zero-order valence-corrected chi connectivity index (χ0v) is 11.0. The predicted octanol–water partition coefficient (Wildman–Crippen LogP) is 5.14. The smallest absolute Gasteiger partial charge is 0.131 e. The molecular weight excluding hydrogens is 223 g/mol. The molecule has 0 heterocycles. The van der Waals surface area contributed by atoms with Crippen LogP contribution in [0.15, 0.2) is 42.5 Å². The fourth-order valence-corrected chi connectivity index (χ4v) is 2.17. The summed E-state index contributed by atoms with van der Waals surface area (Å²) >= 11 is 0. The van der Waals surface area contributed by atoms with Gasteiger partial charge < -0.3 is 0 Å². The second-order valence-electron chi connectivity index (χ2n) is 4.72. The van der Waals surface area contributed by atoms with Crippen LogP contribution in [0, 0.1) is 12.7 Å². The van der Waals surface area contributed by atoms with Crippen LogP contribution in [0.25, 0.3) is 11.1 Å². The maximum atomic E-state index is 13.8. The van der Waals surface area contributed by atoms with Crippen molar-refractivity contribution in [3.63, 3.8) is 0 Å². The summed E-state index contributed by atoms with van der Waals surface area (Å²) in [5, 5.41) is 0. The molecule has 0 atom stereocenters. The zero-order valence-electron chi connectivity index (χ0n) is 11.0. The van der Waals surface area contributed by atoms with Gasteiger partial charge in [-0.05, 0) is 42.5 Å². The molecule has 0 aliphatic heterocycles. The Balaban J connectivity index is 2.38. The lowest BCUT2D eigenvalue weighted by Gasteiger charge is -2.09. The van der Waals surface area contributed by atoms with Gasteiger partial charge in [0.2, 0.25) is 0 Å². The Kier molecular flexibility index (Phi) is 4.14. The van der Waals surface area contributed by atoms with E-state index < -0.39 is 0 Å². The van der Waals surface area contributed by atoms with Crippen molar-refractivity contribution < 1.29 is 4.39 Å². The summed E-state index contributed by atoms with van der Waals surface area (Å²) in [6.45, 7) is 4.31. The Morgan fingerprint density at radius 1 is 1.06 bits per heavy atom. The number of hydrogen-bond donors (Lipinski definition) is 0. The van der Waals surface area contributed by atoms with Crippen molar-refractivity contribution in [2.75, 3.05) is 0 Å². The van der Waals surface area contributed by atoms with E-state index in [0.29, 0.717) is 5.56 Å². The number of rotatable bonds is 4. The average Bonchev–Trinajstić information content (AvgIpc) is 2.39. The topological polar surface area (TPSA) is 0 Å². The molecular formula is C17H19F. The van der Waals surface area contributed by atoms with E-state index in [1.54, 1.807) is 6.07 Å². The van der Waals surface area contributed by atoms with Crippen LogP contribution in [-0.4, -0.2) is 0 Å². The summed E-state index contributed by atoms with van der Waals surface area (Å²) < 4.78 is 13.8. The highest BCUT2D eigenvalue weighted by atomic mass is 19.1. The van der Waals surface area contributed by atoms with E-state index in [9.17, 15) is 4.39 Å². The molecule has 0 saturated carbocycles. The largest absolute Gasteiger partial charge is 0.206 e. The molecule has 0 nitrogen and oxygen atoms in total. The monoisotopic (exact) mass is 242 g/mol. The van der Waals surface area contributed by atoms with Crippen molar-refractivity contribution in [1.29, 1.82) is 0 Å². The van der Waals surface area contributed by atoms with Crippen molar-refractivity contribution in [3.05, 3.63) is 59.4 Å². The molecule has 0 spiro atoms. The summed E-state index contributed by atoms with van der Waals surface area (Å²) in [4.78, 5) is 0. The molecule has 0 radical (unpaired) electrons. The van der Waals surface area contributed by atoms with E-state index in [-0.39, 0.29) is 5.82 Å². The molecule has 2 aromatic rings. The Morgan fingerprint density at radius 2 is 1.83 bits per heavy atom. The second kappa shape index (κ2) is 5.81. The first-order chi connectivity index (χ1) is 8.72. The normalized spacial score (nSPS) is 10.6. The Morgan fingerprint density at radius 3 is 2.56 bits per heavy atom. The van der Waals surface area contributed by atoms with Gasteiger partial charge in [0.1, 0.15) is 5.82 Å². The molecule has 1 heteroatoms. The molecule has 2 aromatic carbocycles. The third-order valence-corrected chi connectivity index (χ3v) is 3.33. The quantitative estimate of drug-likeness (QED) is 0.696. The number of unbranched alkanes of at least 4 members (excludes halogenated alkanes) is 1. The molecule has 94 valence electrons. The van der Waals surface area contributed by atoms with Crippen molar-refractivity contribution in [1.82, 2.24) is 0 Å². The number of hydrogen-bond acceptors (Lipinski definition) is 0. The highest BCUT2D eigenvalue weighted by Gasteiger charge is 2.06. The van der Waals surface area contributed by atoms with E-state index in [1.165, 1.54) is 30.0 Å². The molecule has 0 amide bonds. The molecule has 0 aliphatic carbocycles. The van der Waals surface area contributed by atoms with Crippen LogP contribution >= 0.6 is 0 Å². The maximum Gasteiger partial charge on any atom is 0.131 e. The van der Waals surface area contributed by atoms with E-state index in [2.05, 4.69) is 26.0 Å². The summed E-state index contributed by atoms with van der Waals surface area (Å²) in [6.07, 6.45) is 3.44. The molecule has 2 rings (SSSR count). The molecule has 0 aromatic heterocycles. The van der Waals surface area contributed by atoms with Crippen LogP contribution in [0.3, 0.4) is 0 Å². The first-order valence-electron chi connectivity index (χ1n) is 6.57. The summed E-state index contributed by atoms with van der Waals surface area (Å²) in [6, 6.07) is 13.2. The molecule has 0 bridgehead atoms. The number of aryl methyl sites for hydroxylation is 2. The maximum absolute atomic E-state index is 13.8. The van der Waals surface area contributed by atoms with Crippen LogP contribution < -0.4 is 0 Å². The van der Waals surface area contributed by atoms with Gasteiger partial charge in [0, 0.05) is 5.56 Å². The minimum atomic E-state index is -0.150. The van der Waals surface area contributed by atoms with Crippen LogP contribution in [0.4, 0.5) is 4.39 Å². The van der Waals surface area contributed by atoms with Crippen molar-refractivity contribution in [2.24, 2.45) is 0 Å². The van der Waals surface area contributed by atoms with Gasteiger partial charge in [-0.15, -0.1) is 0 Å². The number of benzene rings is 2. The predicted molar refractivity (Wildman–Crippen MR) is 75.2 cm³/mol. The first kappa shape index (κ1) is 12.8. The zero-order chi connectivity index (χ0) is 13.0. The van der Waals surface area contributed by atoms with Gasteiger partial charge in [0.05, 0.1) is 0 Å². The highest BCUT2D eigenvalue weighted by Crippen LogP contribution is 2.25. The van der Waals surface area contributed by atoms with Crippen LogP contribution in [-0.2, 0) is 6.42 Å². The minimum Gasteiger partial charge on any atom is -0.206 e. The third kappa shape index (κ3) is 2.79. The van der Waals surface area contributed by atoms with E-state index >= 15 is 0 Å². The molecule has 0 unspecified atom stereocenters. The van der Waals surface area contributed by atoms with E-state index in [0.717, 1.165) is 12.0 Å². The van der Waals surface area contributed by atoms with Gasteiger partial charge in [-0.2, -0.15) is 0 Å². The van der Waals surface area contributed by atoms with Gasteiger partial charge in [0.25, 0.3) is 0 Å². The molecule has 0 aliphatic rings.